The van der Waals surface area contributed by atoms with Gasteiger partial charge in [-0.1, -0.05) is 72.8 Å². The van der Waals surface area contributed by atoms with E-state index in [9.17, 15) is 14.4 Å². The fourth-order valence-corrected chi connectivity index (χ4v) is 5.18. The van der Waals surface area contributed by atoms with Crippen LogP contribution in [-0.2, 0) is 37.0 Å². The summed E-state index contributed by atoms with van der Waals surface area (Å²) in [5.41, 5.74) is 3.14. The summed E-state index contributed by atoms with van der Waals surface area (Å²) in [5, 5.41) is 2.38. The molecule has 0 saturated carbocycles. The number of benzene rings is 4. The molecule has 1 unspecified atom stereocenters. The van der Waals surface area contributed by atoms with Crippen LogP contribution >= 0.6 is 0 Å². The van der Waals surface area contributed by atoms with E-state index in [-0.39, 0.29) is 17.9 Å². The van der Waals surface area contributed by atoms with Gasteiger partial charge < -0.3 is 33.7 Å². The van der Waals surface area contributed by atoms with Gasteiger partial charge in [-0.05, 0) is 73.7 Å². The zero-order valence-corrected chi connectivity index (χ0v) is 28.1. The zero-order valence-electron chi connectivity index (χ0n) is 28.1. The Balaban J connectivity index is 1.53. The van der Waals surface area contributed by atoms with Crippen molar-refractivity contribution in [2.75, 3.05) is 20.3 Å². The molecule has 4 aromatic carbocycles. The standard InChI is InChI=1S/C39H41NO9/c1-39(2,3)49-38(43)40-34(36(42)44-4)35(41)32-22-28(16-19-33(32)48-25-27-14-9-6-10-15-27)30-18-17-29(47-24-26-12-7-5-8-13-26)23-31(30)37-45-20-11-21-46-37/h5-10,12-19,22-23,34,37H,11,20-21,24-25H2,1-4H3,(H,40,43). The molecule has 49 heavy (non-hydrogen) atoms. The van der Waals surface area contributed by atoms with Crippen LogP contribution in [0.1, 0.15) is 60.5 Å². The third-order valence-corrected chi connectivity index (χ3v) is 7.51. The molecule has 0 radical (unpaired) electrons. The van der Waals surface area contributed by atoms with Crippen molar-refractivity contribution in [1.82, 2.24) is 5.32 Å². The van der Waals surface area contributed by atoms with E-state index >= 15 is 0 Å². The third-order valence-electron chi connectivity index (χ3n) is 7.51. The Morgan fingerprint density at radius 3 is 2.06 bits per heavy atom. The molecule has 1 atom stereocenters. The van der Waals surface area contributed by atoms with Crippen LogP contribution in [0.15, 0.2) is 97.1 Å². The third kappa shape index (κ3) is 9.68. The second-order valence-corrected chi connectivity index (χ2v) is 12.4. The first kappa shape index (κ1) is 35.1. The summed E-state index contributed by atoms with van der Waals surface area (Å²) in [7, 11) is 1.14. The number of esters is 1. The van der Waals surface area contributed by atoms with Gasteiger partial charge in [0.05, 0.1) is 25.9 Å². The first-order chi connectivity index (χ1) is 23.6. The van der Waals surface area contributed by atoms with E-state index in [1.807, 2.05) is 84.9 Å². The molecule has 10 heteroatoms. The minimum Gasteiger partial charge on any atom is -0.489 e. The molecule has 0 aliphatic carbocycles. The molecule has 1 N–H and O–H groups in total. The normalized spacial score (nSPS) is 14.0. The molecule has 1 amide bonds. The number of hydrogen-bond acceptors (Lipinski definition) is 9. The Bertz CT molecular complexity index is 1730. The highest BCUT2D eigenvalue weighted by Crippen LogP contribution is 2.37. The number of Topliss-reactive ketones (excluding diaryl/α,β-unsaturated/α-hetero) is 1. The van der Waals surface area contributed by atoms with Crippen LogP contribution in [0.5, 0.6) is 11.5 Å². The molecule has 1 heterocycles. The lowest BCUT2D eigenvalue weighted by Crippen LogP contribution is -2.48. The maximum absolute atomic E-state index is 14.2. The Kier molecular flexibility index (Phi) is 11.7. The molecule has 0 spiro atoms. The summed E-state index contributed by atoms with van der Waals surface area (Å²) in [6, 6.07) is 28.3. The van der Waals surface area contributed by atoms with Crippen molar-refractivity contribution in [3.05, 3.63) is 119 Å². The summed E-state index contributed by atoms with van der Waals surface area (Å²) in [6.45, 7) is 6.60. The predicted molar refractivity (Wildman–Crippen MR) is 182 cm³/mol. The summed E-state index contributed by atoms with van der Waals surface area (Å²) in [4.78, 5) is 39.9. The second-order valence-electron chi connectivity index (χ2n) is 12.4. The molecule has 4 aromatic rings. The maximum atomic E-state index is 14.2. The molecule has 1 saturated heterocycles. The lowest BCUT2D eigenvalue weighted by Gasteiger charge is -2.26. The van der Waals surface area contributed by atoms with Gasteiger partial charge >= 0.3 is 12.1 Å². The number of carbonyl (C=O) groups is 3. The van der Waals surface area contributed by atoms with Crippen LogP contribution in [0, 0.1) is 0 Å². The largest absolute Gasteiger partial charge is 0.489 e. The molecule has 0 bridgehead atoms. The Labute approximate surface area is 286 Å². The number of alkyl carbamates (subject to hydrolysis) is 1. The molecule has 1 fully saturated rings. The lowest BCUT2D eigenvalue weighted by molar-refractivity contribution is -0.182. The highest BCUT2D eigenvalue weighted by molar-refractivity contribution is 6.15. The van der Waals surface area contributed by atoms with E-state index in [0.29, 0.717) is 36.7 Å². The SMILES string of the molecule is COC(=O)C(NC(=O)OC(C)(C)C)C(=O)c1cc(-c2ccc(OCc3ccccc3)cc2C2OCCCO2)ccc1OCc1ccccc1. The van der Waals surface area contributed by atoms with Gasteiger partial charge in [0.25, 0.3) is 0 Å². The molecular weight excluding hydrogens is 626 g/mol. The molecule has 1 aliphatic heterocycles. The number of carbonyl (C=O) groups excluding carboxylic acids is 3. The van der Waals surface area contributed by atoms with E-state index in [2.05, 4.69) is 5.32 Å². The van der Waals surface area contributed by atoms with Crippen molar-refractivity contribution in [2.24, 2.45) is 0 Å². The molecule has 10 nitrogen and oxygen atoms in total. The Morgan fingerprint density at radius 1 is 0.816 bits per heavy atom. The Morgan fingerprint density at radius 2 is 1.45 bits per heavy atom. The van der Waals surface area contributed by atoms with Crippen LogP contribution in [0.3, 0.4) is 0 Å². The van der Waals surface area contributed by atoms with Crippen LogP contribution in [0.25, 0.3) is 11.1 Å². The van der Waals surface area contributed by atoms with Crippen molar-refractivity contribution in [3.63, 3.8) is 0 Å². The first-order valence-corrected chi connectivity index (χ1v) is 16.1. The fourth-order valence-electron chi connectivity index (χ4n) is 5.18. The summed E-state index contributed by atoms with van der Waals surface area (Å²) < 4.78 is 34.5. The molecular formula is C39H41NO9. The number of ether oxygens (including phenoxy) is 6. The lowest BCUT2D eigenvalue weighted by atomic mass is 9.94. The predicted octanol–water partition coefficient (Wildman–Crippen LogP) is 7.20. The van der Waals surface area contributed by atoms with E-state index < -0.39 is 35.8 Å². The topological polar surface area (TPSA) is 119 Å². The van der Waals surface area contributed by atoms with Gasteiger partial charge in [0, 0.05) is 5.56 Å². The van der Waals surface area contributed by atoms with Crippen molar-refractivity contribution in [2.45, 2.75) is 58.3 Å². The molecule has 5 rings (SSSR count). The van der Waals surface area contributed by atoms with Crippen LogP contribution in [0.4, 0.5) is 4.79 Å². The smallest absolute Gasteiger partial charge is 0.408 e. The maximum Gasteiger partial charge on any atom is 0.408 e. The van der Waals surface area contributed by atoms with Crippen molar-refractivity contribution >= 4 is 17.8 Å². The number of methoxy groups -OCH3 is 1. The number of rotatable bonds is 12. The van der Waals surface area contributed by atoms with Crippen LogP contribution < -0.4 is 14.8 Å². The van der Waals surface area contributed by atoms with Gasteiger partial charge in [0.1, 0.15) is 30.3 Å². The van der Waals surface area contributed by atoms with Crippen molar-refractivity contribution < 1.29 is 42.8 Å². The van der Waals surface area contributed by atoms with Gasteiger partial charge in [0.15, 0.2) is 18.1 Å². The molecule has 256 valence electrons. The minimum atomic E-state index is -1.70. The number of hydrogen-bond donors (Lipinski definition) is 1. The monoisotopic (exact) mass is 667 g/mol. The zero-order chi connectivity index (χ0) is 34.8. The average Bonchev–Trinajstić information content (AvgIpc) is 3.12. The second kappa shape index (κ2) is 16.3. The van der Waals surface area contributed by atoms with E-state index in [0.717, 1.165) is 30.2 Å². The first-order valence-electron chi connectivity index (χ1n) is 16.1. The van der Waals surface area contributed by atoms with Gasteiger partial charge in [-0.3, -0.25) is 4.79 Å². The van der Waals surface area contributed by atoms with Crippen LogP contribution in [0.2, 0.25) is 0 Å². The van der Waals surface area contributed by atoms with Crippen molar-refractivity contribution in [1.29, 1.82) is 0 Å². The Hall–Kier alpha value is -5.19. The highest BCUT2D eigenvalue weighted by Gasteiger charge is 2.34. The average molecular weight is 668 g/mol. The number of ketones is 1. The highest BCUT2D eigenvalue weighted by atomic mass is 16.7. The molecule has 0 aromatic heterocycles. The van der Waals surface area contributed by atoms with E-state index in [4.69, 9.17) is 28.4 Å². The fraction of sp³-hybridized carbons (Fsp3) is 0.308. The van der Waals surface area contributed by atoms with Crippen molar-refractivity contribution in [3.8, 4) is 22.6 Å². The summed E-state index contributed by atoms with van der Waals surface area (Å²) in [5.74, 6) is -0.865. The quantitative estimate of drug-likeness (QED) is 0.0951. The van der Waals surface area contributed by atoms with Gasteiger partial charge in [-0.2, -0.15) is 0 Å². The summed E-state index contributed by atoms with van der Waals surface area (Å²) in [6.07, 6.45) is -0.852. The van der Waals surface area contributed by atoms with Gasteiger partial charge in [0.2, 0.25) is 0 Å². The van der Waals surface area contributed by atoms with E-state index in [1.54, 1.807) is 32.9 Å². The van der Waals surface area contributed by atoms with Crippen LogP contribution in [-0.4, -0.2) is 49.8 Å². The van der Waals surface area contributed by atoms with E-state index in [1.165, 1.54) is 0 Å². The molecule has 1 aliphatic rings. The summed E-state index contributed by atoms with van der Waals surface area (Å²) >= 11 is 0. The van der Waals surface area contributed by atoms with Gasteiger partial charge in [-0.15, -0.1) is 0 Å². The van der Waals surface area contributed by atoms with Gasteiger partial charge in [-0.25, -0.2) is 9.59 Å². The minimum absolute atomic E-state index is 0.0562. The number of nitrogens with one attached hydrogen (secondary N) is 1. The number of amides is 1.